The van der Waals surface area contributed by atoms with Crippen molar-refractivity contribution in [1.29, 1.82) is 0 Å². The fourth-order valence-corrected chi connectivity index (χ4v) is 5.35. The van der Waals surface area contributed by atoms with E-state index < -0.39 is 26.9 Å². The van der Waals surface area contributed by atoms with Gasteiger partial charge in [-0.1, -0.05) is 6.07 Å². The lowest BCUT2D eigenvalue weighted by Gasteiger charge is -2.22. The van der Waals surface area contributed by atoms with Gasteiger partial charge in [0.05, 0.1) is 19.5 Å². The molecule has 2 atom stereocenters. The molecule has 4 aromatic rings. The van der Waals surface area contributed by atoms with E-state index in [-0.39, 0.29) is 11.6 Å². The van der Waals surface area contributed by atoms with Gasteiger partial charge >= 0.3 is 0 Å². The smallest absolute Gasteiger partial charge is 0.170 e. The molecular weight excluding hydrogens is 496 g/mol. The Morgan fingerprint density at radius 3 is 2.19 bits per heavy atom. The van der Waals surface area contributed by atoms with Crippen molar-refractivity contribution in [2.75, 3.05) is 21.3 Å². The van der Waals surface area contributed by atoms with Crippen LogP contribution in [0.25, 0.3) is 17.1 Å². The molecule has 0 saturated heterocycles. The second-order valence-electron chi connectivity index (χ2n) is 8.32. The highest BCUT2D eigenvalue weighted by Gasteiger charge is 2.35. The van der Waals surface area contributed by atoms with Crippen molar-refractivity contribution in [3.8, 4) is 28.6 Å². The van der Waals surface area contributed by atoms with E-state index in [0.29, 0.717) is 28.6 Å². The number of ether oxygens (including phenoxy) is 3. The SMILES string of the molecule is COc1cccc(OC)c1-n1c(CS(=O)(=O)[C@@H](C)[C@H](OC)c2ncc(C)cn2)nnc1-c1cccnc1. The highest BCUT2D eigenvalue weighted by atomic mass is 32.2. The molecule has 0 unspecified atom stereocenters. The van der Waals surface area contributed by atoms with E-state index in [1.54, 1.807) is 60.5 Å². The van der Waals surface area contributed by atoms with Gasteiger partial charge in [0, 0.05) is 37.5 Å². The Kier molecular flexibility index (Phi) is 7.79. The van der Waals surface area contributed by atoms with E-state index in [1.165, 1.54) is 21.3 Å². The third-order valence-corrected chi connectivity index (χ3v) is 7.95. The maximum absolute atomic E-state index is 13.7. The Bertz CT molecular complexity index is 1440. The van der Waals surface area contributed by atoms with Gasteiger partial charge in [0.2, 0.25) is 0 Å². The Labute approximate surface area is 215 Å². The van der Waals surface area contributed by atoms with E-state index in [0.717, 1.165) is 5.56 Å². The van der Waals surface area contributed by atoms with Crippen LogP contribution in [0.2, 0.25) is 0 Å². The summed E-state index contributed by atoms with van der Waals surface area (Å²) in [6, 6.07) is 8.85. The molecule has 194 valence electrons. The van der Waals surface area contributed by atoms with Crippen molar-refractivity contribution in [3.05, 3.63) is 72.3 Å². The number of hydrogen-bond donors (Lipinski definition) is 0. The Morgan fingerprint density at radius 2 is 1.62 bits per heavy atom. The summed E-state index contributed by atoms with van der Waals surface area (Å²) in [5, 5.41) is 7.63. The number of benzene rings is 1. The van der Waals surface area contributed by atoms with Crippen LogP contribution in [0, 0.1) is 6.92 Å². The van der Waals surface area contributed by atoms with Crippen LogP contribution in [0.1, 0.15) is 30.2 Å². The van der Waals surface area contributed by atoms with Gasteiger partial charge in [-0.25, -0.2) is 18.4 Å². The Balaban J connectivity index is 1.83. The number of pyridine rings is 1. The lowest BCUT2D eigenvalue weighted by atomic mass is 10.2. The molecule has 0 aliphatic rings. The molecule has 0 aliphatic heterocycles. The fourth-order valence-electron chi connectivity index (χ4n) is 3.94. The highest BCUT2D eigenvalue weighted by molar-refractivity contribution is 7.91. The van der Waals surface area contributed by atoms with Gasteiger partial charge in [0.25, 0.3) is 0 Å². The fraction of sp³-hybridized carbons (Fsp3) is 0.320. The average molecular weight is 525 g/mol. The summed E-state index contributed by atoms with van der Waals surface area (Å²) in [6.07, 6.45) is 5.63. The number of aromatic nitrogens is 6. The first-order valence-electron chi connectivity index (χ1n) is 11.4. The molecule has 11 nitrogen and oxygen atoms in total. The number of methoxy groups -OCH3 is 3. The molecule has 0 aliphatic carbocycles. The number of para-hydroxylation sites is 1. The normalized spacial score (nSPS) is 13.2. The first-order valence-corrected chi connectivity index (χ1v) is 13.1. The first kappa shape index (κ1) is 26.2. The van der Waals surface area contributed by atoms with Gasteiger partial charge in [-0.15, -0.1) is 10.2 Å². The minimum atomic E-state index is -3.85. The van der Waals surface area contributed by atoms with Crippen LogP contribution in [0.5, 0.6) is 11.5 Å². The third-order valence-electron chi connectivity index (χ3n) is 5.91. The number of rotatable bonds is 10. The van der Waals surface area contributed by atoms with Crippen LogP contribution in [0.3, 0.4) is 0 Å². The predicted octanol–water partition coefficient (Wildman–Crippen LogP) is 3.14. The molecular formula is C25H28N6O5S. The lowest BCUT2D eigenvalue weighted by molar-refractivity contribution is 0.0947. The molecule has 4 rings (SSSR count). The summed E-state index contributed by atoms with van der Waals surface area (Å²) in [5.41, 5.74) is 1.97. The van der Waals surface area contributed by atoms with Gasteiger partial charge < -0.3 is 14.2 Å². The van der Waals surface area contributed by atoms with Crippen molar-refractivity contribution in [2.24, 2.45) is 0 Å². The van der Waals surface area contributed by atoms with Crippen molar-refractivity contribution >= 4 is 9.84 Å². The molecule has 0 bridgehead atoms. The molecule has 0 N–H and O–H groups in total. The molecule has 0 saturated carbocycles. The van der Waals surface area contributed by atoms with E-state index in [4.69, 9.17) is 14.2 Å². The van der Waals surface area contributed by atoms with E-state index in [9.17, 15) is 8.42 Å². The number of aryl methyl sites for hydroxylation is 1. The molecule has 12 heteroatoms. The van der Waals surface area contributed by atoms with Crippen LogP contribution >= 0.6 is 0 Å². The molecule has 37 heavy (non-hydrogen) atoms. The summed E-state index contributed by atoms with van der Waals surface area (Å²) in [4.78, 5) is 12.7. The van der Waals surface area contributed by atoms with Crippen LogP contribution in [0.15, 0.2) is 55.1 Å². The molecule has 0 fully saturated rings. The monoisotopic (exact) mass is 524 g/mol. The molecule has 0 amide bonds. The zero-order valence-corrected chi connectivity index (χ0v) is 22.0. The maximum Gasteiger partial charge on any atom is 0.170 e. The van der Waals surface area contributed by atoms with Gasteiger partial charge in [-0.3, -0.25) is 9.55 Å². The van der Waals surface area contributed by atoms with Crippen molar-refractivity contribution in [1.82, 2.24) is 29.7 Å². The number of hydrogen-bond acceptors (Lipinski definition) is 10. The zero-order chi connectivity index (χ0) is 26.6. The topological polar surface area (TPSA) is 131 Å². The van der Waals surface area contributed by atoms with Gasteiger partial charge in [-0.2, -0.15) is 0 Å². The van der Waals surface area contributed by atoms with Crippen molar-refractivity contribution in [2.45, 2.75) is 31.0 Å². The van der Waals surface area contributed by atoms with Gasteiger partial charge in [0.1, 0.15) is 29.0 Å². The number of nitrogens with zero attached hydrogens (tertiary/aromatic N) is 6. The first-order chi connectivity index (χ1) is 17.8. The minimum absolute atomic E-state index is 0.174. The summed E-state index contributed by atoms with van der Waals surface area (Å²) >= 11 is 0. The maximum atomic E-state index is 13.7. The van der Waals surface area contributed by atoms with E-state index in [2.05, 4.69) is 25.1 Å². The quantitative estimate of drug-likeness (QED) is 0.305. The standard InChI is InChI=1S/C25H28N6O5S/c1-16-12-27-24(28-13-16)23(36-5)17(2)37(32,33)15-21-29-30-25(18-8-7-11-26-14-18)31(21)22-19(34-3)9-6-10-20(22)35-4/h6-14,17,23H,15H2,1-5H3/t17-,23-/m0/s1. The van der Waals surface area contributed by atoms with Crippen molar-refractivity contribution in [3.63, 3.8) is 0 Å². The van der Waals surface area contributed by atoms with Crippen LogP contribution in [-0.2, 0) is 20.3 Å². The predicted molar refractivity (Wildman–Crippen MR) is 136 cm³/mol. The zero-order valence-electron chi connectivity index (χ0n) is 21.2. The van der Waals surface area contributed by atoms with Crippen LogP contribution in [0.4, 0.5) is 0 Å². The van der Waals surface area contributed by atoms with E-state index >= 15 is 0 Å². The second-order valence-corrected chi connectivity index (χ2v) is 10.7. The van der Waals surface area contributed by atoms with Gasteiger partial charge in [-0.05, 0) is 43.7 Å². The largest absolute Gasteiger partial charge is 0.494 e. The van der Waals surface area contributed by atoms with Crippen molar-refractivity contribution < 1.29 is 22.6 Å². The molecule has 0 radical (unpaired) electrons. The highest BCUT2D eigenvalue weighted by Crippen LogP contribution is 2.37. The molecule has 3 heterocycles. The minimum Gasteiger partial charge on any atom is -0.494 e. The van der Waals surface area contributed by atoms with Gasteiger partial charge in [0.15, 0.2) is 27.3 Å². The number of sulfone groups is 1. The summed E-state index contributed by atoms with van der Waals surface area (Å²) in [7, 11) is 0.633. The third kappa shape index (κ3) is 5.30. The van der Waals surface area contributed by atoms with E-state index in [1.807, 2.05) is 13.0 Å². The average Bonchev–Trinajstić information content (AvgIpc) is 3.32. The Morgan fingerprint density at radius 1 is 0.946 bits per heavy atom. The summed E-state index contributed by atoms with van der Waals surface area (Å²) in [5.74, 6) is 1.33. The summed E-state index contributed by atoms with van der Waals surface area (Å²) < 4.78 is 45.7. The molecule has 3 aromatic heterocycles. The molecule has 1 aromatic carbocycles. The Hall–Kier alpha value is -3.90. The van der Waals surface area contributed by atoms with Crippen LogP contribution in [-0.4, -0.2) is 64.7 Å². The van der Waals surface area contributed by atoms with Crippen LogP contribution < -0.4 is 9.47 Å². The lowest BCUT2D eigenvalue weighted by Crippen LogP contribution is -2.30. The summed E-state index contributed by atoms with van der Waals surface area (Å²) in [6.45, 7) is 3.42. The second kappa shape index (κ2) is 11.0. The molecule has 0 spiro atoms.